The zero-order valence-electron chi connectivity index (χ0n) is 11.6. The molecule has 0 bridgehead atoms. The molecule has 116 valence electrons. The largest absolute Gasteiger partial charge is 0.289 e. The molecular weight excluding hydrogens is 338 g/mol. The monoisotopic (exact) mass is 347 g/mol. The number of azide groups is 1. The molecule has 0 aromatic heterocycles. The van der Waals surface area contributed by atoms with Gasteiger partial charge in [-0.25, -0.2) is 8.42 Å². The van der Waals surface area contributed by atoms with Crippen LogP contribution in [0.3, 0.4) is 0 Å². The standard InChI is InChI=1S/C15H10ClN3O3S/c16-23(21,22)15-10-13(18-19-17)8-6-12(15)7-9-14(20)11-4-2-1-3-5-11/h1-10H. The summed E-state index contributed by atoms with van der Waals surface area (Å²) in [5.41, 5.74) is 9.21. The SMILES string of the molecule is [N-]=[N+]=Nc1ccc(C=CC(=O)c2ccccc2)c(S(=O)(=O)Cl)c1. The number of ketones is 1. The van der Waals surface area contributed by atoms with Crippen molar-refractivity contribution in [3.8, 4) is 0 Å². The lowest BCUT2D eigenvalue weighted by molar-refractivity contribution is 0.104. The first-order valence-electron chi connectivity index (χ1n) is 6.33. The fraction of sp³-hybridized carbons (Fsp3) is 0. The van der Waals surface area contributed by atoms with E-state index < -0.39 is 9.05 Å². The molecule has 0 aliphatic rings. The normalized spacial score (nSPS) is 11.2. The number of carbonyl (C=O) groups is 1. The maximum absolute atomic E-state index is 12.0. The fourth-order valence-electron chi connectivity index (χ4n) is 1.85. The molecule has 8 heteroatoms. The van der Waals surface area contributed by atoms with Gasteiger partial charge in [0.1, 0.15) is 0 Å². The van der Waals surface area contributed by atoms with Crippen LogP contribution in [0.4, 0.5) is 5.69 Å². The molecule has 0 N–H and O–H groups in total. The molecular formula is C15H10ClN3O3S. The van der Waals surface area contributed by atoms with Gasteiger partial charge >= 0.3 is 0 Å². The van der Waals surface area contributed by atoms with Gasteiger partial charge in [0.25, 0.3) is 9.05 Å². The van der Waals surface area contributed by atoms with E-state index in [0.29, 0.717) is 5.56 Å². The highest BCUT2D eigenvalue weighted by Crippen LogP contribution is 2.26. The molecule has 0 atom stereocenters. The van der Waals surface area contributed by atoms with Crippen molar-refractivity contribution in [1.82, 2.24) is 0 Å². The van der Waals surface area contributed by atoms with Crippen molar-refractivity contribution in [3.63, 3.8) is 0 Å². The van der Waals surface area contributed by atoms with E-state index in [4.69, 9.17) is 16.2 Å². The molecule has 0 aliphatic carbocycles. The summed E-state index contributed by atoms with van der Waals surface area (Å²) in [6, 6.07) is 12.5. The summed E-state index contributed by atoms with van der Waals surface area (Å²) in [6.45, 7) is 0. The Kier molecular flexibility index (Phi) is 5.18. The third-order valence-electron chi connectivity index (χ3n) is 2.89. The minimum atomic E-state index is -4.06. The number of allylic oxidation sites excluding steroid dienone is 1. The second kappa shape index (κ2) is 7.11. The first-order chi connectivity index (χ1) is 10.9. The maximum Gasteiger partial charge on any atom is 0.261 e. The fourth-order valence-corrected chi connectivity index (χ4v) is 2.93. The van der Waals surface area contributed by atoms with E-state index in [1.54, 1.807) is 30.3 Å². The molecule has 0 fully saturated rings. The maximum atomic E-state index is 12.0. The van der Waals surface area contributed by atoms with Gasteiger partial charge in [-0.05, 0) is 29.3 Å². The number of nitrogens with zero attached hydrogens (tertiary/aromatic N) is 3. The van der Waals surface area contributed by atoms with Gasteiger partial charge in [0.15, 0.2) is 5.78 Å². The summed E-state index contributed by atoms with van der Waals surface area (Å²) < 4.78 is 23.3. The van der Waals surface area contributed by atoms with E-state index in [9.17, 15) is 13.2 Å². The van der Waals surface area contributed by atoms with Gasteiger partial charge in [-0.1, -0.05) is 47.6 Å². The molecule has 0 spiro atoms. The number of carbonyl (C=O) groups excluding carboxylic acids is 1. The zero-order chi connectivity index (χ0) is 16.9. The molecule has 23 heavy (non-hydrogen) atoms. The molecule has 0 unspecified atom stereocenters. The summed E-state index contributed by atoms with van der Waals surface area (Å²) >= 11 is 0. The summed E-state index contributed by atoms with van der Waals surface area (Å²) in [6.07, 6.45) is 2.61. The Morgan fingerprint density at radius 2 is 1.87 bits per heavy atom. The molecule has 2 aromatic rings. The van der Waals surface area contributed by atoms with Gasteiger partial charge in [0.05, 0.1) is 4.90 Å². The average Bonchev–Trinajstić information content (AvgIpc) is 2.53. The summed E-state index contributed by atoms with van der Waals surface area (Å²) in [7, 11) is 1.33. The highest BCUT2D eigenvalue weighted by Gasteiger charge is 2.15. The van der Waals surface area contributed by atoms with Crippen molar-refractivity contribution in [2.45, 2.75) is 4.90 Å². The summed E-state index contributed by atoms with van der Waals surface area (Å²) in [5.74, 6) is -0.275. The van der Waals surface area contributed by atoms with E-state index in [0.717, 1.165) is 6.07 Å². The minimum absolute atomic E-state index is 0.110. The molecule has 2 rings (SSSR count). The van der Waals surface area contributed by atoms with Crippen molar-refractivity contribution in [1.29, 1.82) is 0 Å². The van der Waals surface area contributed by atoms with E-state index in [2.05, 4.69) is 10.0 Å². The van der Waals surface area contributed by atoms with Gasteiger partial charge in [-0.2, -0.15) is 0 Å². The smallest absolute Gasteiger partial charge is 0.261 e. The van der Waals surface area contributed by atoms with Crippen LogP contribution in [0.5, 0.6) is 0 Å². The summed E-state index contributed by atoms with van der Waals surface area (Å²) in [4.78, 5) is 14.4. The Bertz CT molecular complexity index is 918. The Hall–Kier alpha value is -2.60. The van der Waals surface area contributed by atoms with Crippen LogP contribution in [0.1, 0.15) is 15.9 Å². The lowest BCUT2D eigenvalue weighted by Gasteiger charge is -2.03. The van der Waals surface area contributed by atoms with Crippen LogP contribution in [0.2, 0.25) is 0 Å². The van der Waals surface area contributed by atoms with Crippen LogP contribution in [0, 0.1) is 0 Å². The van der Waals surface area contributed by atoms with E-state index in [1.165, 1.54) is 24.3 Å². The lowest BCUT2D eigenvalue weighted by Crippen LogP contribution is -1.96. The molecule has 0 saturated carbocycles. The van der Waals surface area contributed by atoms with Crippen LogP contribution >= 0.6 is 10.7 Å². The van der Waals surface area contributed by atoms with E-state index in [1.807, 2.05) is 0 Å². The molecule has 2 aromatic carbocycles. The first kappa shape index (κ1) is 16.8. The molecule has 6 nitrogen and oxygen atoms in total. The number of hydrogen-bond acceptors (Lipinski definition) is 4. The first-order valence-corrected chi connectivity index (χ1v) is 8.64. The van der Waals surface area contributed by atoms with Crippen molar-refractivity contribution < 1.29 is 13.2 Å². The molecule has 0 aliphatic heterocycles. The number of rotatable bonds is 5. The number of hydrogen-bond donors (Lipinski definition) is 0. The third-order valence-corrected chi connectivity index (χ3v) is 4.27. The van der Waals surface area contributed by atoms with E-state index >= 15 is 0 Å². The second-order valence-electron chi connectivity index (χ2n) is 4.41. The highest BCUT2D eigenvalue weighted by molar-refractivity contribution is 8.13. The van der Waals surface area contributed by atoms with Gasteiger partial charge in [-0.15, -0.1) is 0 Å². The van der Waals surface area contributed by atoms with Gasteiger partial charge < -0.3 is 0 Å². The van der Waals surface area contributed by atoms with Crippen LogP contribution in [0.15, 0.2) is 64.6 Å². The van der Waals surface area contributed by atoms with Crippen LogP contribution < -0.4 is 0 Å². The number of benzene rings is 2. The Morgan fingerprint density at radius 1 is 1.17 bits per heavy atom. The van der Waals surface area contributed by atoms with Crippen LogP contribution in [-0.4, -0.2) is 14.2 Å². The van der Waals surface area contributed by atoms with Crippen molar-refractivity contribution in [2.24, 2.45) is 5.11 Å². The van der Waals surface area contributed by atoms with Crippen molar-refractivity contribution in [3.05, 3.63) is 76.2 Å². The molecule has 0 heterocycles. The predicted molar refractivity (Wildman–Crippen MR) is 88.1 cm³/mol. The van der Waals surface area contributed by atoms with E-state index in [-0.39, 0.29) is 21.9 Å². The minimum Gasteiger partial charge on any atom is -0.289 e. The van der Waals surface area contributed by atoms with Crippen molar-refractivity contribution in [2.75, 3.05) is 0 Å². The van der Waals surface area contributed by atoms with Gasteiger partial charge in [0, 0.05) is 26.8 Å². The lowest BCUT2D eigenvalue weighted by atomic mass is 10.1. The van der Waals surface area contributed by atoms with Gasteiger partial charge in [0.2, 0.25) is 0 Å². The van der Waals surface area contributed by atoms with Crippen LogP contribution in [-0.2, 0) is 9.05 Å². The topological polar surface area (TPSA) is 100.0 Å². The third kappa shape index (κ3) is 4.43. The second-order valence-corrected chi connectivity index (χ2v) is 6.95. The molecule has 0 amide bonds. The molecule has 0 saturated heterocycles. The Morgan fingerprint density at radius 3 is 2.48 bits per heavy atom. The zero-order valence-corrected chi connectivity index (χ0v) is 13.2. The Labute approximate surface area is 137 Å². The van der Waals surface area contributed by atoms with Crippen molar-refractivity contribution >= 4 is 37.3 Å². The highest BCUT2D eigenvalue weighted by atomic mass is 35.7. The predicted octanol–water partition coefficient (Wildman–Crippen LogP) is 4.45. The molecule has 0 radical (unpaired) electrons. The van der Waals surface area contributed by atoms with Gasteiger partial charge in [-0.3, -0.25) is 4.79 Å². The van der Waals surface area contributed by atoms with Crippen LogP contribution in [0.25, 0.3) is 16.5 Å². The average molecular weight is 348 g/mol. The Balaban J connectivity index is 2.41. The number of halogens is 1. The summed E-state index contributed by atoms with van der Waals surface area (Å²) in [5, 5.41) is 3.33. The quantitative estimate of drug-likeness (QED) is 0.199.